The van der Waals surface area contributed by atoms with Crippen molar-refractivity contribution >= 4 is 0 Å². The average Bonchev–Trinajstić information content (AvgIpc) is 2.60. The Morgan fingerprint density at radius 3 is 2.62 bits per heavy atom. The van der Waals surface area contributed by atoms with Crippen LogP contribution in [-0.2, 0) is 6.42 Å². The summed E-state index contributed by atoms with van der Waals surface area (Å²) in [6.07, 6.45) is 3.14. The van der Waals surface area contributed by atoms with Crippen LogP contribution in [0.2, 0.25) is 0 Å². The van der Waals surface area contributed by atoms with E-state index in [9.17, 15) is 0 Å². The van der Waals surface area contributed by atoms with E-state index >= 15 is 0 Å². The van der Waals surface area contributed by atoms with E-state index in [0.29, 0.717) is 12.5 Å². The van der Waals surface area contributed by atoms with Gasteiger partial charge in [-0.2, -0.15) is 0 Å². The highest BCUT2D eigenvalue weighted by Crippen LogP contribution is 2.26. The molecule has 0 saturated carbocycles. The molecule has 24 heavy (non-hydrogen) atoms. The summed E-state index contributed by atoms with van der Waals surface area (Å²) in [6.45, 7) is 5.63. The van der Waals surface area contributed by atoms with E-state index in [4.69, 9.17) is 15.2 Å². The lowest BCUT2D eigenvalue weighted by molar-refractivity contribution is 0.309. The Balaban J connectivity index is 2.09. The fourth-order valence-electron chi connectivity index (χ4n) is 2.87. The summed E-state index contributed by atoms with van der Waals surface area (Å²) in [5, 5.41) is 0. The molecule has 0 aliphatic heterocycles. The summed E-state index contributed by atoms with van der Waals surface area (Å²) < 4.78 is 11.2. The number of methoxy groups -OCH3 is 1. The zero-order valence-electron chi connectivity index (χ0n) is 15.0. The summed E-state index contributed by atoms with van der Waals surface area (Å²) in [5.41, 5.74) is 9.71. The van der Waals surface area contributed by atoms with Gasteiger partial charge in [-0.1, -0.05) is 37.6 Å². The highest BCUT2D eigenvalue weighted by Gasteiger charge is 2.13. The Morgan fingerprint density at radius 2 is 1.96 bits per heavy atom. The maximum atomic E-state index is 6.05. The molecule has 1 atom stereocenters. The normalized spacial score (nSPS) is 12.0. The van der Waals surface area contributed by atoms with Gasteiger partial charge >= 0.3 is 0 Å². The molecule has 130 valence electrons. The predicted octanol–water partition coefficient (Wildman–Crippen LogP) is 4.47. The van der Waals surface area contributed by atoms with E-state index in [1.165, 1.54) is 11.1 Å². The molecule has 2 N–H and O–H groups in total. The molecule has 0 bridgehead atoms. The number of benzene rings is 2. The lowest BCUT2D eigenvalue weighted by Gasteiger charge is -2.17. The van der Waals surface area contributed by atoms with Gasteiger partial charge in [-0.25, -0.2) is 0 Å². The van der Waals surface area contributed by atoms with Crippen molar-refractivity contribution in [2.45, 2.75) is 39.0 Å². The van der Waals surface area contributed by atoms with Crippen molar-refractivity contribution in [2.75, 3.05) is 20.3 Å². The van der Waals surface area contributed by atoms with Crippen LogP contribution in [0.25, 0.3) is 0 Å². The highest BCUT2D eigenvalue weighted by molar-refractivity contribution is 5.39. The van der Waals surface area contributed by atoms with Crippen LogP contribution in [0, 0.1) is 6.92 Å². The second-order valence-corrected chi connectivity index (χ2v) is 6.22. The first kappa shape index (κ1) is 18.3. The van der Waals surface area contributed by atoms with Gasteiger partial charge in [0.25, 0.3) is 0 Å². The molecule has 3 nitrogen and oxygen atoms in total. The third-order valence-corrected chi connectivity index (χ3v) is 4.32. The fourth-order valence-corrected chi connectivity index (χ4v) is 2.87. The summed E-state index contributed by atoms with van der Waals surface area (Å²) in [4.78, 5) is 0. The number of hydrogen-bond donors (Lipinski definition) is 1. The molecule has 2 aromatic carbocycles. The average molecular weight is 327 g/mol. The Bertz CT molecular complexity index is 639. The first-order chi connectivity index (χ1) is 11.7. The van der Waals surface area contributed by atoms with Gasteiger partial charge in [-0.3, -0.25) is 0 Å². The van der Waals surface area contributed by atoms with Gasteiger partial charge < -0.3 is 15.2 Å². The van der Waals surface area contributed by atoms with Crippen molar-refractivity contribution in [3.8, 4) is 11.5 Å². The Morgan fingerprint density at radius 1 is 1.12 bits per heavy atom. The molecule has 2 rings (SSSR count). The van der Waals surface area contributed by atoms with Gasteiger partial charge in [0.15, 0.2) is 0 Å². The molecule has 0 saturated heterocycles. The Hall–Kier alpha value is -2.00. The van der Waals surface area contributed by atoms with Crippen LogP contribution in [0.4, 0.5) is 0 Å². The van der Waals surface area contributed by atoms with E-state index < -0.39 is 0 Å². The topological polar surface area (TPSA) is 44.5 Å². The van der Waals surface area contributed by atoms with Gasteiger partial charge in [-0.15, -0.1) is 0 Å². The number of ether oxygens (including phenoxy) is 2. The van der Waals surface area contributed by atoms with E-state index in [0.717, 1.165) is 42.9 Å². The summed E-state index contributed by atoms with van der Waals surface area (Å²) in [5.74, 6) is 2.16. The maximum Gasteiger partial charge on any atom is 0.121 e. The van der Waals surface area contributed by atoms with E-state index in [1.807, 2.05) is 12.1 Å². The quantitative estimate of drug-likeness (QED) is 0.691. The molecular formula is C21H29NO2. The summed E-state index contributed by atoms with van der Waals surface area (Å²) >= 11 is 0. The van der Waals surface area contributed by atoms with E-state index in [-0.39, 0.29) is 0 Å². The van der Waals surface area contributed by atoms with Gasteiger partial charge in [0, 0.05) is 5.92 Å². The number of nitrogens with two attached hydrogens (primary N) is 1. The second-order valence-electron chi connectivity index (χ2n) is 6.22. The zero-order chi connectivity index (χ0) is 17.4. The van der Waals surface area contributed by atoms with Crippen molar-refractivity contribution < 1.29 is 9.47 Å². The molecule has 0 aromatic heterocycles. The summed E-state index contributed by atoms with van der Waals surface area (Å²) in [7, 11) is 1.70. The number of hydrogen-bond acceptors (Lipinski definition) is 3. The lowest BCUT2D eigenvalue weighted by atomic mass is 9.91. The van der Waals surface area contributed by atoms with Crippen molar-refractivity contribution in [1.82, 2.24) is 0 Å². The smallest absolute Gasteiger partial charge is 0.121 e. The van der Waals surface area contributed by atoms with Gasteiger partial charge in [0.1, 0.15) is 11.5 Å². The zero-order valence-corrected chi connectivity index (χ0v) is 15.0. The highest BCUT2D eigenvalue weighted by atomic mass is 16.5. The minimum absolute atomic E-state index is 0.292. The second kappa shape index (κ2) is 9.33. The van der Waals surface area contributed by atoms with Crippen LogP contribution in [0.3, 0.4) is 0 Å². The van der Waals surface area contributed by atoms with E-state index in [1.54, 1.807) is 7.11 Å². The molecule has 0 radical (unpaired) electrons. The third-order valence-electron chi connectivity index (χ3n) is 4.32. The van der Waals surface area contributed by atoms with Crippen LogP contribution in [0.5, 0.6) is 11.5 Å². The molecule has 0 heterocycles. The lowest BCUT2D eigenvalue weighted by Crippen LogP contribution is -2.15. The molecule has 0 aliphatic carbocycles. The first-order valence-corrected chi connectivity index (χ1v) is 8.74. The largest absolute Gasteiger partial charge is 0.496 e. The Labute approximate surface area is 145 Å². The molecule has 2 aromatic rings. The molecule has 0 aliphatic rings. The molecular weight excluding hydrogens is 298 g/mol. The summed E-state index contributed by atoms with van der Waals surface area (Å²) in [6, 6.07) is 14.7. The van der Waals surface area contributed by atoms with Crippen LogP contribution in [0.1, 0.15) is 42.4 Å². The molecule has 3 heteroatoms. The van der Waals surface area contributed by atoms with E-state index in [2.05, 4.69) is 44.2 Å². The number of unbranched alkanes of at least 4 members (excludes halogenated alkanes) is 1. The first-order valence-electron chi connectivity index (χ1n) is 8.74. The SMILES string of the molecule is CCCCOc1cccc(CC(CN)c2ccc(OC)c(C)c2)c1. The number of rotatable bonds is 9. The van der Waals surface area contributed by atoms with Crippen molar-refractivity contribution in [3.05, 3.63) is 59.2 Å². The van der Waals surface area contributed by atoms with Crippen molar-refractivity contribution in [3.63, 3.8) is 0 Å². The number of aryl methyl sites for hydroxylation is 1. The molecule has 0 spiro atoms. The van der Waals surface area contributed by atoms with Crippen LogP contribution < -0.4 is 15.2 Å². The van der Waals surface area contributed by atoms with Gasteiger partial charge in [0.05, 0.1) is 13.7 Å². The molecule has 1 unspecified atom stereocenters. The van der Waals surface area contributed by atoms with Crippen molar-refractivity contribution in [2.24, 2.45) is 5.73 Å². The third kappa shape index (κ3) is 5.00. The van der Waals surface area contributed by atoms with Crippen LogP contribution in [0.15, 0.2) is 42.5 Å². The minimum atomic E-state index is 0.292. The minimum Gasteiger partial charge on any atom is -0.496 e. The molecule has 0 fully saturated rings. The maximum absolute atomic E-state index is 6.05. The fraction of sp³-hybridized carbons (Fsp3) is 0.429. The molecule has 0 amide bonds. The van der Waals surface area contributed by atoms with Crippen LogP contribution in [-0.4, -0.2) is 20.3 Å². The van der Waals surface area contributed by atoms with Gasteiger partial charge in [-0.05, 0) is 61.2 Å². The predicted molar refractivity (Wildman–Crippen MR) is 100 cm³/mol. The van der Waals surface area contributed by atoms with Crippen LogP contribution >= 0.6 is 0 Å². The monoisotopic (exact) mass is 327 g/mol. The Kier molecular flexibility index (Phi) is 7.13. The van der Waals surface area contributed by atoms with Gasteiger partial charge in [0.2, 0.25) is 0 Å². The standard InChI is InChI=1S/C21H29NO2/c1-4-5-11-24-20-8-6-7-17(14-20)13-19(15-22)18-9-10-21(23-3)16(2)12-18/h6-10,12,14,19H,4-5,11,13,15,22H2,1-3H3. The van der Waals surface area contributed by atoms with Crippen molar-refractivity contribution in [1.29, 1.82) is 0 Å².